The lowest BCUT2D eigenvalue weighted by molar-refractivity contribution is -0.137. The molecule has 164 valence electrons. The van der Waals surface area contributed by atoms with E-state index in [2.05, 4.69) is 20.4 Å². The summed E-state index contributed by atoms with van der Waals surface area (Å²) in [5, 5.41) is 9.48. The van der Waals surface area contributed by atoms with Gasteiger partial charge in [0.2, 0.25) is 5.91 Å². The van der Waals surface area contributed by atoms with E-state index in [-0.39, 0.29) is 17.8 Å². The summed E-state index contributed by atoms with van der Waals surface area (Å²) in [5.41, 5.74) is 0.262. The van der Waals surface area contributed by atoms with Crippen LogP contribution < -0.4 is 5.32 Å². The molecule has 2 heterocycles. The molecule has 0 aliphatic carbocycles. The Morgan fingerprint density at radius 1 is 1.16 bits per heavy atom. The number of nitrogens with zero attached hydrogens (tertiary/aromatic N) is 4. The van der Waals surface area contributed by atoms with E-state index in [1.54, 1.807) is 23.6 Å². The molecule has 1 amide bonds. The summed E-state index contributed by atoms with van der Waals surface area (Å²) >= 11 is 13.7. The van der Waals surface area contributed by atoms with Crippen LogP contribution in [-0.2, 0) is 17.4 Å². The zero-order valence-corrected chi connectivity index (χ0v) is 18.2. The van der Waals surface area contributed by atoms with Gasteiger partial charge in [-0.3, -0.25) is 4.79 Å². The summed E-state index contributed by atoms with van der Waals surface area (Å²) in [6, 6.07) is 8.04. The fourth-order valence-electron chi connectivity index (χ4n) is 2.91. The molecule has 6 nitrogen and oxygen atoms in total. The molecule has 1 N–H and O–H groups in total. The van der Waals surface area contributed by atoms with Crippen molar-refractivity contribution in [2.45, 2.75) is 12.6 Å². The van der Waals surface area contributed by atoms with Gasteiger partial charge in [-0.25, -0.2) is 14.6 Å². The second kappa shape index (κ2) is 8.89. The second-order valence-corrected chi connectivity index (χ2v) is 8.21. The Balaban J connectivity index is 1.58. The molecular formula is C20H12Cl2F3N5OS. The Morgan fingerprint density at radius 3 is 2.56 bits per heavy atom. The lowest BCUT2D eigenvalue weighted by atomic mass is 10.1. The van der Waals surface area contributed by atoms with E-state index >= 15 is 0 Å². The first-order valence-corrected chi connectivity index (χ1v) is 10.6. The number of benzene rings is 2. The molecule has 2 aromatic heterocycles. The largest absolute Gasteiger partial charge is 0.416 e. The maximum Gasteiger partial charge on any atom is 0.416 e. The van der Waals surface area contributed by atoms with E-state index in [4.69, 9.17) is 23.2 Å². The van der Waals surface area contributed by atoms with E-state index in [1.807, 2.05) is 0 Å². The van der Waals surface area contributed by atoms with Crippen molar-refractivity contribution in [3.63, 3.8) is 0 Å². The SMILES string of the molecule is O=C(Cc1csc(-c2c(Cl)cccc2Cl)n1)Nc1cc(C(F)(F)F)ccc1-n1cncn1. The predicted octanol–water partition coefficient (Wildman–Crippen LogP) is 5.90. The molecule has 4 rings (SSSR count). The number of carbonyl (C=O) groups excluding carboxylic acids is 1. The number of nitrogens with one attached hydrogen (secondary N) is 1. The Labute approximate surface area is 193 Å². The van der Waals surface area contributed by atoms with Gasteiger partial charge in [-0.15, -0.1) is 11.3 Å². The minimum atomic E-state index is -4.57. The fourth-order valence-corrected chi connectivity index (χ4v) is 4.49. The molecule has 12 heteroatoms. The number of carbonyl (C=O) groups is 1. The summed E-state index contributed by atoms with van der Waals surface area (Å²) in [7, 11) is 0. The third-order valence-corrected chi connectivity index (χ3v) is 5.87. The van der Waals surface area contributed by atoms with Crippen molar-refractivity contribution in [2.75, 3.05) is 5.32 Å². The van der Waals surface area contributed by atoms with E-state index in [0.29, 0.717) is 26.3 Å². The van der Waals surface area contributed by atoms with Gasteiger partial charge >= 0.3 is 6.18 Å². The average molecular weight is 498 g/mol. The highest BCUT2D eigenvalue weighted by Crippen LogP contribution is 2.36. The zero-order valence-electron chi connectivity index (χ0n) is 15.9. The highest BCUT2D eigenvalue weighted by Gasteiger charge is 2.31. The second-order valence-electron chi connectivity index (χ2n) is 6.54. The molecule has 0 unspecified atom stereocenters. The highest BCUT2D eigenvalue weighted by atomic mass is 35.5. The molecule has 0 saturated carbocycles. The third kappa shape index (κ3) is 4.77. The predicted molar refractivity (Wildman–Crippen MR) is 116 cm³/mol. The van der Waals surface area contributed by atoms with E-state index in [9.17, 15) is 18.0 Å². The zero-order chi connectivity index (χ0) is 22.9. The van der Waals surface area contributed by atoms with Crippen LogP contribution in [0.1, 0.15) is 11.3 Å². The summed E-state index contributed by atoms with van der Waals surface area (Å²) in [5.74, 6) is -0.548. The van der Waals surface area contributed by atoms with Gasteiger partial charge in [0, 0.05) is 10.9 Å². The Hall–Kier alpha value is -2.95. The van der Waals surface area contributed by atoms with Crippen LogP contribution in [0.2, 0.25) is 10.0 Å². The number of aromatic nitrogens is 4. The fraction of sp³-hybridized carbons (Fsp3) is 0.100. The van der Waals surface area contributed by atoms with Crippen LogP contribution in [0.3, 0.4) is 0 Å². The molecule has 0 spiro atoms. The smallest absolute Gasteiger partial charge is 0.324 e. The molecule has 2 aromatic carbocycles. The van der Waals surface area contributed by atoms with E-state index in [1.165, 1.54) is 34.7 Å². The first kappa shape index (κ1) is 22.3. The van der Waals surface area contributed by atoms with Crippen molar-refractivity contribution in [3.05, 3.63) is 75.7 Å². The minimum Gasteiger partial charge on any atom is -0.324 e. The van der Waals surface area contributed by atoms with Crippen molar-refractivity contribution in [1.82, 2.24) is 19.7 Å². The van der Waals surface area contributed by atoms with Crippen molar-refractivity contribution in [3.8, 4) is 16.3 Å². The van der Waals surface area contributed by atoms with E-state index < -0.39 is 17.6 Å². The van der Waals surface area contributed by atoms with Gasteiger partial charge in [-0.1, -0.05) is 29.3 Å². The summed E-state index contributed by atoms with van der Waals surface area (Å²) in [6.07, 6.45) is -2.18. The van der Waals surface area contributed by atoms with Crippen LogP contribution >= 0.6 is 34.5 Å². The minimum absolute atomic E-state index is 0.0556. The molecule has 4 aromatic rings. The molecular weight excluding hydrogens is 486 g/mol. The highest BCUT2D eigenvalue weighted by molar-refractivity contribution is 7.13. The first-order chi connectivity index (χ1) is 15.2. The molecule has 32 heavy (non-hydrogen) atoms. The van der Waals surface area contributed by atoms with Crippen molar-refractivity contribution in [2.24, 2.45) is 0 Å². The van der Waals surface area contributed by atoms with Crippen molar-refractivity contribution < 1.29 is 18.0 Å². The van der Waals surface area contributed by atoms with Gasteiger partial charge in [0.1, 0.15) is 17.7 Å². The normalized spacial score (nSPS) is 11.5. The average Bonchev–Trinajstić information content (AvgIpc) is 3.40. The quantitative estimate of drug-likeness (QED) is 0.372. The van der Waals surface area contributed by atoms with Gasteiger partial charge in [0.15, 0.2) is 0 Å². The number of hydrogen-bond acceptors (Lipinski definition) is 5. The Morgan fingerprint density at radius 2 is 1.91 bits per heavy atom. The number of amides is 1. The topological polar surface area (TPSA) is 72.7 Å². The molecule has 0 radical (unpaired) electrons. The van der Waals surface area contributed by atoms with Crippen molar-refractivity contribution >= 4 is 46.1 Å². The molecule has 0 aliphatic rings. The molecule has 0 saturated heterocycles. The molecule has 0 bridgehead atoms. The number of alkyl halides is 3. The van der Waals surface area contributed by atoms with Crippen LogP contribution in [0.4, 0.5) is 18.9 Å². The number of hydrogen-bond donors (Lipinski definition) is 1. The van der Waals surface area contributed by atoms with Gasteiger partial charge in [0.05, 0.1) is 39.1 Å². The number of rotatable bonds is 5. The van der Waals surface area contributed by atoms with Crippen LogP contribution in [0.25, 0.3) is 16.3 Å². The van der Waals surface area contributed by atoms with Crippen LogP contribution in [-0.4, -0.2) is 25.7 Å². The van der Waals surface area contributed by atoms with Crippen molar-refractivity contribution in [1.29, 1.82) is 0 Å². The summed E-state index contributed by atoms with van der Waals surface area (Å²) in [4.78, 5) is 20.8. The van der Waals surface area contributed by atoms with Crippen LogP contribution in [0.15, 0.2) is 54.4 Å². The standard InChI is InChI=1S/C20H12Cl2F3N5OS/c21-13-2-1-3-14(22)18(13)19-28-12(8-32-19)7-17(31)29-15-6-11(20(23,24)25)4-5-16(15)30-10-26-9-27-30/h1-6,8-10H,7H2,(H,29,31). The van der Waals surface area contributed by atoms with Gasteiger partial charge in [0.25, 0.3) is 0 Å². The Kier molecular flexibility index (Phi) is 6.18. The lowest BCUT2D eigenvalue weighted by Gasteiger charge is -2.14. The summed E-state index contributed by atoms with van der Waals surface area (Å²) in [6.45, 7) is 0. The lowest BCUT2D eigenvalue weighted by Crippen LogP contribution is -2.17. The molecule has 0 fully saturated rings. The number of thiazole rings is 1. The van der Waals surface area contributed by atoms with E-state index in [0.717, 1.165) is 12.1 Å². The first-order valence-electron chi connectivity index (χ1n) is 8.97. The number of anilines is 1. The van der Waals surface area contributed by atoms with Crippen LogP contribution in [0.5, 0.6) is 0 Å². The third-order valence-electron chi connectivity index (χ3n) is 4.33. The summed E-state index contributed by atoms with van der Waals surface area (Å²) < 4.78 is 40.8. The van der Waals surface area contributed by atoms with Gasteiger partial charge in [-0.2, -0.15) is 18.3 Å². The number of halogens is 5. The maximum atomic E-state index is 13.2. The van der Waals surface area contributed by atoms with Gasteiger partial charge in [-0.05, 0) is 30.3 Å². The molecule has 0 aliphatic heterocycles. The molecule has 0 atom stereocenters. The van der Waals surface area contributed by atoms with Crippen LogP contribution in [0, 0.1) is 0 Å². The van der Waals surface area contributed by atoms with Gasteiger partial charge < -0.3 is 5.32 Å². The monoisotopic (exact) mass is 497 g/mol. The maximum absolute atomic E-state index is 13.2. The Bertz CT molecular complexity index is 1250.